The van der Waals surface area contributed by atoms with E-state index in [-0.39, 0.29) is 18.5 Å². The van der Waals surface area contributed by atoms with Crippen LogP contribution < -0.4 is 0 Å². The van der Waals surface area contributed by atoms with Gasteiger partial charge in [0.25, 0.3) is 0 Å². The van der Waals surface area contributed by atoms with E-state index in [2.05, 4.69) is 20.8 Å². The lowest BCUT2D eigenvalue weighted by Gasteiger charge is -2.26. The average Bonchev–Trinajstić information content (AvgIpc) is 2.38. The first kappa shape index (κ1) is 17.5. The van der Waals surface area contributed by atoms with Gasteiger partial charge in [-0.25, -0.2) is 4.79 Å². The minimum atomic E-state index is -1.03. The first-order chi connectivity index (χ1) is 9.78. The maximum Gasteiger partial charge on any atom is 0.334 e. The molecule has 4 nitrogen and oxygen atoms in total. The van der Waals surface area contributed by atoms with E-state index in [0.717, 1.165) is 19.3 Å². The van der Waals surface area contributed by atoms with Crippen molar-refractivity contribution in [3.63, 3.8) is 0 Å². The van der Waals surface area contributed by atoms with E-state index in [1.165, 1.54) is 0 Å². The van der Waals surface area contributed by atoms with Crippen LogP contribution in [0, 0.1) is 11.3 Å². The molecule has 1 aliphatic rings. The van der Waals surface area contributed by atoms with E-state index < -0.39 is 11.4 Å². The van der Waals surface area contributed by atoms with Crippen LogP contribution in [-0.2, 0) is 14.3 Å². The molecule has 1 aliphatic carbocycles. The number of carbonyl (C=O) groups is 2. The number of ether oxygens (including phenoxy) is 1. The molecule has 0 aromatic rings. The van der Waals surface area contributed by atoms with Gasteiger partial charge in [0.2, 0.25) is 0 Å². The second kappa shape index (κ2) is 7.43. The predicted molar refractivity (Wildman–Crippen MR) is 81.8 cm³/mol. The van der Waals surface area contributed by atoms with Gasteiger partial charge in [-0.05, 0) is 32.1 Å². The number of hydrogen-bond donors (Lipinski definition) is 1. The lowest BCUT2D eigenvalue weighted by atomic mass is 9.80. The van der Waals surface area contributed by atoms with Crippen molar-refractivity contribution in [2.45, 2.75) is 59.5 Å². The summed E-state index contributed by atoms with van der Waals surface area (Å²) in [6, 6.07) is 0. The first-order valence-electron chi connectivity index (χ1n) is 7.61. The molecular formula is C17H26O4. The maximum atomic E-state index is 12.3. The Morgan fingerprint density at radius 3 is 2.62 bits per heavy atom. The van der Waals surface area contributed by atoms with Gasteiger partial charge in [-0.15, -0.1) is 0 Å². The molecule has 0 aliphatic heterocycles. The average molecular weight is 294 g/mol. The van der Waals surface area contributed by atoms with Gasteiger partial charge in [0.1, 0.15) is 6.10 Å². The summed E-state index contributed by atoms with van der Waals surface area (Å²) in [4.78, 5) is 23.5. The van der Waals surface area contributed by atoms with Crippen molar-refractivity contribution in [2.24, 2.45) is 11.3 Å². The highest BCUT2D eigenvalue weighted by Crippen LogP contribution is 2.32. The van der Waals surface area contributed by atoms with E-state index in [9.17, 15) is 14.7 Å². The van der Waals surface area contributed by atoms with E-state index in [1.54, 1.807) is 25.2 Å². The molecule has 2 atom stereocenters. The fourth-order valence-electron chi connectivity index (χ4n) is 2.48. The normalized spacial score (nSPS) is 22.8. The standard InChI is InChI=1S/C17H26O4/c1-5-7-14(10-12(2)3)21-15(18)13-8-6-9-17(4,11-13)16(19)20/h6,8-9,12,14H,5,7,10-11H2,1-4H3,(H,19,20). The zero-order valence-corrected chi connectivity index (χ0v) is 13.4. The molecule has 0 radical (unpaired) electrons. The molecule has 0 heterocycles. The van der Waals surface area contributed by atoms with Crippen molar-refractivity contribution in [3.05, 3.63) is 23.8 Å². The Labute approximate surface area is 126 Å². The van der Waals surface area contributed by atoms with E-state index in [0.29, 0.717) is 11.5 Å². The highest BCUT2D eigenvalue weighted by atomic mass is 16.5. The number of allylic oxidation sites excluding steroid dienone is 2. The topological polar surface area (TPSA) is 63.6 Å². The zero-order chi connectivity index (χ0) is 16.0. The fraction of sp³-hybridized carbons (Fsp3) is 0.647. The third-order valence-electron chi connectivity index (χ3n) is 3.69. The third-order valence-corrected chi connectivity index (χ3v) is 3.69. The van der Waals surface area contributed by atoms with Gasteiger partial charge in [0.05, 0.1) is 5.41 Å². The number of rotatable bonds is 7. The Morgan fingerprint density at radius 2 is 2.10 bits per heavy atom. The van der Waals surface area contributed by atoms with Gasteiger partial charge in [-0.2, -0.15) is 0 Å². The van der Waals surface area contributed by atoms with E-state index in [1.807, 2.05) is 0 Å². The molecule has 21 heavy (non-hydrogen) atoms. The van der Waals surface area contributed by atoms with Crippen molar-refractivity contribution in [1.29, 1.82) is 0 Å². The van der Waals surface area contributed by atoms with Gasteiger partial charge >= 0.3 is 11.9 Å². The van der Waals surface area contributed by atoms with Crippen LogP contribution in [0.25, 0.3) is 0 Å². The van der Waals surface area contributed by atoms with Crippen LogP contribution in [0.4, 0.5) is 0 Å². The van der Waals surface area contributed by atoms with Gasteiger partial charge < -0.3 is 9.84 Å². The van der Waals surface area contributed by atoms with Crippen molar-refractivity contribution >= 4 is 11.9 Å². The van der Waals surface area contributed by atoms with Crippen molar-refractivity contribution < 1.29 is 19.4 Å². The van der Waals surface area contributed by atoms with Gasteiger partial charge in [0.15, 0.2) is 0 Å². The molecule has 0 aromatic heterocycles. The van der Waals surface area contributed by atoms with Gasteiger partial charge in [-0.3, -0.25) is 4.79 Å². The number of esters is 1. The number of carboxylic acids is 1. The molecule has 1 rings (SSSR count). The first-order valence-corrected chi connectivity index (χ1v) is 7.61. The fourth-order valence-corrected chi connectivity index (χ4v) is 2.48. The molecular weight excluding hydrogens is 268 g/mol. The van der Waals surface area contributed by atoms with E-state index >= 15 is 0 Å². The quantitative estimate of drug-likeness (QED) is 0.727. The largest absolute Gasteiger partial charge is 0.481 e. The molecule has 0 fully saturated rings. The molecule has 2 unspecified atom stereocenters. The number of carboxylic acid groups (broad SMARTS) is 1. The van der Waals surface area contributed by atoms with Crippen molar-refractivity contribution in [3.8, 4) is 0 Å². The molecule has 0 bridgehead atoms. The van der Waals surface area contributed by atoms with Crippen LogP contribution in [0.1, 0.15) is 53.4 Å². The lowest BCUT2D eigenvalue weighted by Crippen LogP contribution is -2.30. The molecule has 118 valence electrons. The molecule has 4 heteroatoms. The molecule has 0 saturated heterocycles. The smallest absolute Gasteiger partial charge is 0.334 e. The highest BCUT2D eigenvalue weighted by molar-refractivity contribution is 5.91. The molecule has 0 amide bonds. The van der Waals surface area contributed by atoms with Crippen molar-refractivity contribution in [1.82, 2.24) is 0 Å². The Morgan fingerprint density at radius 1 is 1.43 bits per heavy atom. The Balaban J connectivity index is 2.72. The monoisotopic (exact) mass is 294 g/mol. The van der Waals surface area contributed by atoms with Gasteiger partial charge in [0, 0.05) is 5.57 Å². The van der Waals surface area contributed by atoms with Crippen LogP contribution in [0.15, 0.2) is 23.8 Å². The molecule has 0 saturated carbocycles. The summed E-state index contributed by atoms with van der Waals surface area (Å²) in [5, 5.41) is 9.25. The number of aliphatic carboxylic acids is 1. The summed E-state index contributed by atoms with van der Waals surface area (Å²) >= 11 is 0. The molecule has 0 spiro atoms. The third kappa shape index (κ3) is 5.03. The summed E-state index contributed by atoms with van der Waals surface area (Å²) in [5.41, 5.74) is -0.589. The summed E-state index contributed by atoms with van der Waals surface area (Å²) in [6.07, 6.45) is 7.61. The van der Waals surface area contributed by atoms with Crippen LogP contribution in [0.3, 0.4) is 0 Å². The summed E-state index contributed by atoms with van der Waals surface area (Å²) in [5.74, 6) is -0.853. The Kier molecular flexibility index (Phi) is 6.19. The number of carbonyl (C=O) groups excluding carboxylic acids is 1. The van der Waals surface area contributed by atoms with Crippen LogP contribution in [0.5, 0.6) is 0 Å². The summed E-state index contributed by atoms with van der Waals surface area (Å²) in [6.45, 7) is 7.87. The van der Waals surface area contributed by atoms with Crippen LogP contribution in [-0.4, -0.2) is 23.1 Å². The summed E-state index contributed by atoms with van der Waals surface area (Å²) in [7, 11) is 0. The second-order valence-electron chi connectivity index (χ2n) is 6.40. The Bertz CT molecular complexity index is 448. The summed E-state index contributed by atoms with van der Waals surface area (Å²) < 4.78 is 5.58. The maximum absolute atomic E-state index is 12.3. The molecule has 0 aromatic carbocycles. The zero-order valence-electron chi connectivity index (χ0n) is 13.4. The highest BCUT2D eigenvalue weighted by Gasteiger charge is 2.35. The minimum Gasteiger partial charge on any atom is -0.481 e. The van der Waals surface area contributed by atoms with Crippen LogP contribution in [0.2, 0.25) is 0 Å². The van der Waals surface area contributed by atoms with Gasteiger partial charge in [-0.1, -0.05) is 45.4 Å². The number of hydrogen-bond acceptors (Lipinski definition) is 3. The van der Waals surface area contributed by atoms with Crippen molar-refractivity contribution in [2.75, 3.05) is 0 Å². The SMILES string of the molecule is CCCC(CC(C)C)OC(=O)C1=CC=CC(C)(C(=O)O)C1. The lowest BCUT2D eigenvalue weighted by molar-refractivity contribution is -0.147. The van der Waals surface area contributed by atoms with E-state index in [4.69, 9.17) is 4.74 Å². The second-order valence-corrected chi connectivity index (χ2v) is 6.40. The molecule has 1 N–H and O–H groups in total. The Hall–Kier alpha value is -1.58. The van der Waals surface area contributed by atoms with Crippen LogP contribution >= 0.6 is 0 Å². The minimum absolute atomic E-state index is 0.0922. The predicted octanol–water partition coefficient (Wildman–Crippen LogP) is 3.72.